The molecule has 0 fully saturated rings. The summed E-state index contributed by atoms with van der Waals surface area (Å²) in [5, 5.41) is 2.65. The smallest absolute Gasteiger partial charge is 0.0462 e. The van der Waals surface area contributed by atoms with Crippen LogP contribution in [0.15, 0.2) is 188 Å². The predicted molar refractivity (Wildman–Crippen MR) is 213 cm³/mol. The zero-order chi connectivity index (χ0) is 33.7. The summed E-state index contributed by atoms with van der Waals surface area (Å²) in [5.74, 6) is 0. The first-order valence-corrected chi connectivity index (χ1v) is 17.4. The zero-order valence-electron chi connectivity index (χ0n) is 28.3. The molecule has 0 radical (unpaired) electrons. The highest BCUT2D eigenvalue weighted by Crippen LogP contribution is 2.52. The molecule has 0 spiro atoms. The lowest BCUT2D eigenvalue weighted by Gasteiger charge is -2.36. The summed E-state index contributed by atoms with van der Waals surface area (Å²) in [6.07, 6.45) is 0. The van der Waals surface area contributed by atoms with E-state index in [1.807, 2.05) is 0 Å². The molecule has 1 aliphatic rings. The Kier molecular flexibility index (Phi) is 7.21. The van der Waals surface area contributed by atoms with Crippen molar-refractivity contribution in [3.8, 4) is 44.5 Å². The molecule has 9 rings (SSSR count). The Morgan fingerprint density at radius 3 is 1.52 bits per heavy atom. The Hall–Kier alpha value is -6.18. The second-order valence-corrected chi connectivity index (χ2v) is 13.8. The van der Waals surface area contributed by atoms with Gasteiger partial charge in [0.2, 0.25) is 0 Å². The maximum Gasteiger partial charge on any atom is 0.0462 e. The molecule has 8 aromatic carbocycles. The molecule has 1 heteroatoms. The van der Waals surface area contributed by atoms with Crippen molar-refractivity contribution in [2.24, 2.45) is 0 Å². The van der Waals surface area contributed by atoms with Gasteiger partial charge in [0.25, 0.3) is 0 Å². The molecule has 0 aliphatic heterocycles. The van der Waals surface area contributed by atoms with Gasteiger partial charge in [-0.1, -0.05) is 159 Å². The van der Waals surface area contributed by atoms with Crippen molar-refractivity contribution in [1.29, 1.82) is 0 Å². The van der Waals surface area contributed by atoms with Crippen molar-refractivity contribution in [3.63, 3.8) is 0 Å². The van der Waals surface area contributed by atoms with Gasteiger partial charge in [-0.3, -0.25) is 0 Å². The highest BCUT2D eigenvalue weighted by atomic mass is 15.1. The third-order valence-electron chi connectivity index (χ3n) is 10.5. The largest absolute Gasteiger partial charge is 0.311 e. The van der Waals surface area contributed by atoms with Crippen LogP contribution in [0.3, 0.4) is 0 Å². The van der Waals surface area contributed by atoms with E-state index < -0.39 is 0 Å². The van der Waals surface area contributed by atoms with Gasteiger partial charge >= 0.3 is 0 Å². The normalized spacial score (nSPS) is 12.8. The lowest BCUT2D eigenvalue weighted by molar-refractivity contribution is 0.645. The number of rotatable bonds is 6. The Morgan fingerprint density at radius 1 is 0.360 bits per heavy atom. The van der Waals surface area contributed by atoms with Crippen molar-refractivity contribution in [1.82, 2.24) is 0 Å². The fourth-order valence-corrected chi connectivity index (χ4v) is 7.92. The third-order valence-corrected chi connectivity index (χ3v) is 10.5. The maximum absolute atomic E-state index is 2.42. The molecule has 0 unspecified atom stereocenters. The number of benzene rings is 8. The molecule has 0 amide bonds. The number of hydrogen-bond donors (Lipinski definition) is 0. The van der Waals surface area contributed by atoms with Gasteiger partial charge in [0, 0.05) is 22.5 Å². The molecular formula is C49H37N. The Balaban J connectivity index is 1.18. The van der Waals surface area contributed by atoms with Crippen LogP contribution in [0.4, 0.5) is 17.1 Å². The van der Waals surface area contributed by atoms with Crippen LogP contribution in [0.25, 0.3) is 55.3 Å². The first-order valence-electron chi connectivity index (χ1n) is 17.4. The summed E-state index contributed by atoms with van der Waals surface area (Å²) in [5.41, 5.74) is 16.0. The van der Waals surface area contributed by atoms with Crippen molar-refractivity contribution in [2.45, 2.75) is 19.3 Å². The molecule has 238 valence electrons. The number of fused-ring (bicyclic) bond motifs is 2. The number of para-hydroxylation sites is 1. The van der Waals surface area contributed by atoms with E-state index in [0.717, 1.165) is 17.1 Å². The topological polar surface area (TPSA) is 3.24 Å². The predicted octanol–water partition coefficient (Wildman–Crippen LogP) is 13.6. The van der Waals surface area contributed by atoms with Crippen LogP contribution in [0.2, 0.25) is 0 Å². The number of hydrogen-bond acceptors (Lipinski definition) is 1. The molecular weight excluding hydrogens is 603 g/mol. The molecule has 0 heterocycles. The van der Waals surface area contributed by atoms with Crippen LogP contribution in [0.1, 0.15) is 25.0 Å². The summed E-state index contributed by atoms with van der Waals surface area (Å²) in [6.45, 7) is 4.75. The van der Waals surface area contributed by atoms with Crippen LogP contribution < -0.4 is 4.90 Å². The second-order valence-electron chi connectivity index (χ2n) is 13.8. The molecule has 50 heavy (non-hydrogen) atoms. The molecule has 0 saturated carbocycles. The van der Waals surface area contributed by atoms with Gasteiger partial charge in [0.1, 0.15) is 0 Å². The monoisotopic (exact) mass is 639 g/mol. The van der Waals surface area contributed by atoms with E-state index in [0.29, 0.717) is 0 Å². The standard InChI is InChI=1S/C49H37N/c1-49(2)45-32-26-39(35-15-8-4-9-16-35)33-44(45)48-43(31-25-38-17-12-20-46(49)47(38)48)37-23-29-42(30-24-37)50(40-18-10-5-11-19-40)41-27-21-36(22-28-41)34-13-6-3-7-14-34/h3-33H,1-2H3. The molecule has 0 saturated heterocycles. The first-order chi connectivity index (χ1) is 24.6. The van der Waals surface area contributed by atoms with Crippen LogP contribution in [0, 0.1) is 0 Å². The zero-order valence-corrected chi connectivity index (χ0v) is 28.3. The van der Waals surface area contributed by atoms with Gasteiger partial charge in [0.15, 0.2) is 0 Å². The SMILES string of the molecule is CC1(C)c2ccc(-c3ccccc3)cc2-c2c(-c3ccc(N(c4ccccc4)c4ccc(-c5ccccc5)cc4)cc3)ccc3cccc1c23. The first kappa shape index (κ1) is 29.9. The minimum atomic E-state index is -0.119. The fourth-order valence-electron chi connectivity index (χ4n) is 7.92. The fraction of sp³-hybridized carbons (Fsp3) is 0.0612. The van der Waals surface area contributed by atoms with Crippen molar-refractivity contribution in [3.05, 3.63) is 199 Å². The summed E-state index contributed by atoms with van der Waals surface area (Å²) in [4.78, 5) is 2.34. The van der Waals surface area contributed by atoms with Gasteiger partial charge in [-0.05, 0) is 109 Å². The molecule has 0 N–H and O–H groups in total. The van der Waals surface area contributed by atoms with Gasteiger partial charge < -0.3 is 4.90 Å². The van der Waals surface area contributed by atoms with E-state index in [4.69, 9.17) is 0 Å². The van der Waals surface area contributed by atoms with Gasteiger partial charge in [-0.15, -0.1) is 0 Å². The lowest BCUT2D eigenvalue weighted by Crippen LogP contribution is -2.24. The van der Waals surface area contributed by atoms with Gasteiger partial charge in [-0.2, -0.15) is 0 Å². The third kappa shape index (κ3) is 5.02. The van der Waals surface area contributed by atoms with Crippen LogP contribution >= 0.6 is 0 Å². The van der Waals surface area contributed by atoms with Gasteiger partial charge in [-0.25, -0.2) is 0 Å². The quantitative estimate of drug-likeness (QED) is 0.175. The molecule has 0 bridgehead atoms. The average molecular weight is 640 g/mol. The van der Waals surface area contributed by atoms with Crippen molar-refractivity contribution >= 4 is 27.8 Å². The number of nitrogens with zero attached hydrogens (tertiary/aromatic N) is 1. The molecule has 1 nitrogen and oxygen atoms in total. The molecule has 0 atom stereocenters. The Bertz CT molecular complexity index is 2460. The van der Waals surface area contributed by atoms with E-state index in [1.165, 1.54) is 66.4 Å². The highest BCUT2D eigenvalue weighted by molar-refractivity contribution is 6.09. The van der Waals surface area contributed by atoms with Gasteiger partial charge in [0.05, 0.1) is 0 Å². The Labute approximate surface area is 294 Å². The minimum Gasteiger partial charge on any atom is -0.311 e. The van der Waals surface area contributed by atoms with E-state index in [2.05, 4.69) is 207 Å². The minimum absolute atomic E-state index is 0.119. The van der Waals surface area contributed by atoms with Crippen molar-refractivity contribution in [2.75, 3.05) is 4.90 Å². The van der Waals surface area contributed by atoms with Crippen LogP contribution in [-0.4, -0.2) is 0 Å². The number of anilines is 3. The second kappa shape index (κ2) is 12.1. The van der Waals surface area contributed by atoms with Crippen LogP contribution in [-0.2, 0) is 5.41 Å². The summed E-state index contributed by atoms with van der Waals surface area (Å²) in [6, 6.07) is 68.5. The summed E-state index contributed by atoms with van der Waals surface area (Å²) in [7, 11) is 0. The summed E-state index contributed by atoms with van der Waals surface area (Å²) >= 11 is 0. The van der Waals surface area contributed by atoms with Crippen molar-refractivity contribution < 1.29 is 0 Å². The maximum atomic E-state index is 2.42. The van der Waals surface area contributed by atoms with E-state index in [1.54, 1.807) is 0 Å². The van der Waals surface area contributed by atoms with E-state index in [9.17, 15) is 0 Å². The van der Waals surface area contributed by atoms with E-state index in [-0.39, 0.29) is 5.41 Å². The Morgan fingerprint density at radius 2 is 0.880 bits per heavy atom. The molecule has 8 aromatic rings. The molecule has 0 aromatic heterocycles. The molecule has 1 aliphatic carbocycles. The summed E-state index contributed by atoms with van der Waals surface area (Å²) < 4.78 is 0. The van der Waals surface area contributed by atoms with E-state index >= 15 is 0 Å². The lowest BCUT2D eigenvalue weighted by atomic mass is 9.67. The highest BCUT2D eigenvalue weighted by Gasteiger charge is 2.34. The average Bonchev–Trinajstić information content (AvgIpc) is 3.18. The van der Waals surface area contributed by atoms with Crippen LogP contribution in [0.5, 0.6) is 0 Å².